The molecule has 0 spiro atoms. The van der Waals surface area contributed by atoms with Crippen LogP contribution < -0.4 is 5.73 Å². The third-order valence-corrected chi connectivity index (χ3v) is 4.17. The Morgan fingerprint density at radius 1 is 1.29 bits per heavy atom. The molecule has 96 valence electrons. The highest BCUT2D eigenvalue weighted by Crippen LogP contribution is 2.24. The summed E-state index contributed by atoms with van der Waals surface area (Å²) in [6, 6.07) is 9.88. The monoisotopic (exact) mass is 253 g/mol. The molecule has 0 saturated heterocycles. The summed E-state index contributed by atoms with van der Waals surface area (Å²) in [5.74, 6) is 2.85. The van der Waals surface area contributed by atoms with E-state index in [2.05, 4.69) is 13.8 Å². The minimum absolute atomic E-state index is 0.000742. The topological polar surface area (TPSA) is 46.2 Å². The molecule has 1 aromatic rings. The van der Waals surface area contributed by atoms with Crippen molar-refractivity contribution in [2.75, 3.05) is 18.1 Å². The van der Waals surface area contributed by atoms with Crippen molar-refractivity contribution in [1.82, 2.24) is 0 Å². The molecule has 2 nitrogen and oxygen atoms in total. The smallest absolute Gasteiger partial charge is 0.0653 e. The largest absolute Gasteiger partial charge is 0.394 e. The normalized spacial score (nSPS) is 14.9. The molecular weight excluding hydrogens is 230 g/mol. The molecule has 0 aliphatic heterocycles. The van der Waals surface area contributed by atoms with Gasteiger partial charge in [0.1, 0.15) is 0 Å². The lowest BCUT2D eigenvalue weighted by Crippen LogP contribution is -2.41. The van der Waals surface area contributed by atoms with Crippen molar-refractivity contribution in [2.24, 2.45) is 11.7 Å². The summed E-state index contributed by atoms with van der Waals surface area (Å²) in [7, 11) is 0. The summed E-state index contributed by atoms with van der Waals surface area (Å²) in [6.45, 7) is 4.43. The van der Waals surface area contributed by atoms with E-state index in [-0.39, 0.29) is 6.61 Å². The first-order valence-electron chi connectivity index (χ1n) is 6.11. The van der Waals surface area contributed by atoms with Gasteiger partial charge in [0.25, 0.3) is 0 Å². The van der Waals surface area contributed by atoms with Crippen LogP contribution in [0.4, 0.5) is 0 Å². The quantitative estimate of drug-likeness (QED) is 0.734. The van der Waals surface area contributed by atoms with E-state index in [0.717, 1.165) is 23.5 Å². The molecule has 1 atom stereocenters. The first-order valence-corrected chi connectivity index (χ1v) is 7.27. The van der Waals surface area contributed by atoms with Crippen molar-refractivity contribution in [3.63, 3.8) is 0 Å². The number of aliphatic hydroxyl groups is 1. The van der Waals surface area contributed by atoms with Crippen molar-refractivity contribution in [1.29, 1.82) is 0 Å². The fourth-order valence-corrected chi connectivity index (χ4v) is 2.80. The molecule has 0 aliphatic rings. The molecule has 1 rings (SSSR count). The van der Waals surface area contributed by atoms with E-state index in [1.807, 2.05) is 42.1 Å². The van der Waals surface area contributed by atoms with Gasteiger partial charge in [0.2, 0.25) is 0 Å². The Kier molecular flexibility index (Phi) is 6.03. The lowest BCUT2D eigenvalue weighted by Gasteiger charge is -2.27. The minimum Gasteiger partial charge on any atom is -0.394 e. The van der Waals surface area contributed by atoms with Crippen molar-refractivity contribution < 1.29 is 5.11 Å². The fraction of sp³-hybridized carbons (Fsp3) is 0.571. The highest BCUT2D eigenvalue weighted by atomic mass is 32.2. The van der Waals surface area contributed by atoms with Gasteiger partial charge < -0.3 is 10.8 Å². The van der Waals surface area contributed by atoms with Crippen LogP contribution in [0.25, 0.3) is 0 Å². The van der Waals surface area contributed by atoms with Gasteiger partial charge in [0.15, 0.2) is 0 Å². The number of nitrogens with two attached hydrogens (primary N) is 1. The summed E-state index contributed by atoms with van der Waals surface area (Å²) in [5.41, 5.74) is 6.70. The molecule has 0 amide bonds. The Balaban J connectivity index is 2.52. The average Bonchev–Trinajstić information content (AvgIpc) is 2.35. The maximum Gasteiger partial charge on any atom is 0.0653 e. The molecular formula is C14H23NOS. The summed E-state index contributed by atoms with van der Waals surface area (Å²) in [5, 5.41) is 9.51. The molecule has 0 fully saturated rings. The van der Waals surface area contributed by atoms with Crippen molar-refractivity contribution in [3.8, 4) is 0 Å². The zero-order chi connectivity index (χ0) is 12.7. The SMILES string of the molecule is CC(C)CSCCC(N)(CO)c1ccccc1. The van der Waals surface area contributed by atoms with E-state index in [1.54, 1.807) is 0 Å². The van der Waals surface area contributed by atoms with Crippen LogP contribution in [0.5, 0.6) is 0 Å². The number of benzene rings is 1. The Bertz CT molecular complexity index is 315. The maximum absolute atomic E-state index is 9.51. The van der Waals surface area contributed by atoms with Crippen LogP contribution in [0.15, 0.2) is 30.3 Å². The molecule has 0 radical (unpaired) electrons. The Morgan fingerprint density at radius 2 is 1.94 bits per heavy atom. The van der Waals surface area contributed by atoms with Crippen LogP contribution in [-0.4, -0.2) is 23.2 Å². The molecule has 3 heteroatoms. The first-order chi connectivity index (χ1) is 8.08. The van der Waals surface area contributed by atoms with E-state index in [1.165, 1.54) is 0 Å². The standard InChI is InChI=1S/C14H23NOS/c1-12(2)10-17-9-8-14(15,11-16)13-6-4-3-5-7-13/h3-7,12,16H,8-11,15H2,1-2H3. The third-order valence-electron chi connectivity index (χ3n) is 2.77. The molecule has 0 heterocycles. The Hall–Kier alpha value is -0.510. The molecule has 0 bridgehead atoms. The second-order valence-electron chi connectivity index (χ2n) is 4.90. The van der Waals surface area contributed by atoms with Crippen LogP contribution in [0.2, 0.25) is 0 Å². The molecule has 0 aliphatic carbocycles. The fourth-order valence-electron chi connectivity index (χ4n) is 1.66. The number of hydrogen-bond acceptors (Lipinski definition) is 3. The highest BCUT2D eigenvalue weighted by molar-refractivity contribution is 7.99. The van der Waals surface area contributed by atoms with Gasteiger partial charge in [-0.3, -0.25) is 0 Å². The second kappa shape index (κ2) is 7.04. The third kappa shape index (κ3) is 4.70. The van der Waals surface area contributed by atoms with Gasteiger partial charge in [-0.05, 0) is 29.4 Å². The van der Waals surface area contributed by atoms with Crippen molar-refractivity contribution in [2.45, 2.75) is 25.8 Å². The Labute approximate surface area is 109 Å². The first kappa shape index (κ1) is 14.6. The van der Waals surface area contributed by atoms with E-state index >= 15 is 0 Å². The lowest BCUT2D eigenvalue weighted by molar-refractivity contribution is 0.193. The van der Waals surface area contributed by atoms with Gasteiger partial charge in [-0.25, -0.2) is 0 Å². The lowest BCUT2D eigenvalue weighted by atomic mass is 9.89. The van der Waals surface area contributed by atoms with Gasteiger partial charge in [-0.2, -0.15) is 11.8 Å². The average molecular weight is 253 g/mol. The van der Waals surface area contributed by atoms with Gasteiger partial charge in [0, 0.05) is 0 Å². The zero-order valence-electron chi connectivity index (χ0n) is 10.7. The van der Waals surface area contributed by atoms with Crippen molar-refractivity contribution in [3.05, 3.63) is 35.9 Å². The summed E-state index contributed by atoms with van der Waals surface area (Å²) in [4.78, 5) is 0. The number of aliphatic hydroxyl groups excluding tert-OH is 1. The molecule has 1 aromatic carbocycles. The molecule has 3 N–H and O–H groups in total. The van der Waals surface area contributed by atoms with Crippen LogP contribution in [0.3, 0.4) is 0 Å². The van der Waals surface area contributed by atoms with E-state index in [9.17, 15) is 5.11 Å². The van der Waals surface area contributed by atoms with E-state index in [4.69, 9.17) is 5.73 Å². The van der Waals surface area contributed by atoms with E-state index in [0.29, 0.717) is 5.92 Å². The summed E-state index contributed by atoms with van der Waals surface area (Å²) >= 11 is 1.91. The van der Waals surface area contributed by atoms with Crippen molar-refractivity contribution >= 4 is 11.8 Å². The van der Waals surface area contributed by atoms with Crippen LogP contribution in [-0.2, 0) is 5.54 Å². The molecule has 0 aromatic heterocycles. The van der Waals surface area contributed by atoms with Gasteiger partial charge >= 0.3 is 0 Å². The van der Waals surface area contributed by atoms with Crippen LogP contribution in [0, 0.1) is 5.92 Å². The molecule has 17 heavy (non-hydrogen) atoms. The maximum atomic E-state index is 9.51. The van der Waals surface area contributed by atoms with Crippen LogP contribution in [0.1, 0.15) is 25.8 Å². The second-order valence-corrected chi connectivity index (χ2v) is 6.05. The Morgan fingerprint density at radius 3 is 2.47 bits per heavy atom. The van der Waals surface area contributed by atoms with Gasteiger partial charge in [-0.15, -0.1) is 0 Å². The number of thioether (sulfide) groups is 1. The predicted molar refractivity (Wildman–Crippen MR) is 76.2 cm³/mol. The van der Waals surface area contributed by atoms with Gasteiger partial charge in [-0.1, -0.05) is 44.2 Å². The number of hydrogen-bond donors (Lipinski definition) is 2. The predicted octanol–water partition coefficient (Wildman–Crippen LogP) is 2.61. The van der Waals surface area contributed by atoms with Gasteiger partial charge in [0.05, 0.1) is 12.1 Å². The summed E-state index contributed by atoms with van der Waals surface area (Å²) < 4.78 is 0. The minimum atomic E-state index is -0.592. The molecule has 1 unspecified atom stereocenters. The van der Waals surface area contributed by atoms with E-state index < -0.39 is 5.54 Å². The highest BCUT2D eigenvalue weighted by Gasteiger charge is 2.25. The molecule has 0 saturated carbocycles. The zero-order valence-corrected chi connectivity index (χ0v) is 11.5. The number of rotatable bonds is 7. The summed E-state index contributed by atoms with van der Waals surface area (Å²) in [6.07, 6.45) is 0.810. The van der Waals surface area contributed by atoms with Crippen LogP contribution >= 0.6 is 11.8 Å².